The zero-order valence-corrected chi connectivity index (χ0v) is 11.3. The number of amides is 2. The Labute approximate surface area is 112 Å². The number of anilines is 1. The largest absolute Gasteiger partial charge is 0.397 e. The highest BCUT2D eigenvalue weighted by Gasteiger charge is 2.28. The zero-order valence-electron chi connectivity index (χ0n) is 11.3. The number of aromatic nitrogens is 1. The van der Waals surface area contributed by atoms with Crippen LogP contribution in [-0.2, 0) is 11.8 Å². The van der Waals surface area contributed by atoms with Crippen LogP contribution in [0.25, 0.3) is 0 Å². The average molecular weight is 264 g/mol. The molecule has 2 rings (SSSR count). The second-order valence-corrected chi connectivity index (χ2v) is 4.95. The molecule has 2 heterocycles. The number of piperidine rings is 1. The summed E-state index contributed by atoms with van der Waals surface area (Å²) in [7, 11) is 3.45. The lowest BCUT2D eigenvalue weighted by molar-refractivity contribution is -0.125. The molecule has 0 unspecified atom stereocenters. The van der Waals surface area contributed by atoms with Gasteiger partial charge in [0.2, 0.25) is 5.91 Å². The number of aryl methyl sites for hydroxylation is 1. The minimum absolute atomic E-state index is 0.0189. The Morgan fingerprint density at radius 2 is 2.00 bits per heavy atom. The molecule has 0 saturated carbocycles. The predicted molar refractivity (Wildman–Crippen MR) is 72.5 cm³/mol. The number of hydrogen-bond donors (Lipinski definition) is 2. The summed E-state index contributed by atoms with van der Waals surface area (Å²) in [5.41, 5.74) is 6.86. The van der Waals surface area contributed by atoms with E-state index < -0.39 is 0 Å². The van der Waals surface area contributed by atoms with Crippen LogP contribution < -0.4 is 11.1 Å². The minimum Gasteiger partial charge on any atom is -0.397 e. The fourth-order valence-corrected chi connectivity index (χ4v) is 2.51. The standard InChI is InChI=1S/C13H20N4O2/c1-15-12(18)9-3-5-17(6-4-9)13(19)11-7-10(14)8-16(11)2/h7-9H,3-6,14H2,1-2H3,(H,15,18). The lowest BCUT2D eigenvalue weighted by Crippen LogP contribution is -2.42. The van der Waals surface area contributed by atoms with E-state index in [9.17, 15) is 9.59 Å². The molecule has 0 spiro atoms. The molecular formula is C13H20N4O2. The van der Waals surface area contributed by atoms with Gasteiger partial charge in [-0.15, -0.1) is 0 Å². The molecule has 3 N–H and O–H groups in total. The van der Waals surface area contributed by atoms with Gasteiger partial charge in [0.1, 0.15) is 5.69 Å². The van der Waals surface area contributed by atoms with Crippen molar-refractivity contribution in [1.82, 2.24) is 14.8 Å². The Kier molecular flexibility index (Phi) is 3.78. The molecule has 2 amide bonds. The van der Waals surface area contributed by atoms with Gasteiger partial charge in [-0.3, -0.25) is 9.59 Å². The van der Waals surface area contributed by atoms with E-state index in [0.29, 0.717) is 37.3 Å². The van der Waals surface area contributed by atoms with Crippen molar-refractivity contribution in [3.05, 3.63) is 18.0 Å². The first-order valence-corrected chi connectivity index (χ1v) is 6.45. The van der Waals surface area contributed by atoms with Crippen LogP contribution in [0.2, 0.25) is 0 Å². The highest BCUT2D eigenvalue weighted by Crippen LogP contribution is 2.20. The smallest absolute Gasteiger partial charge is 0.270 e. The first-order valence-electron chi connectivity index (χ1n) is 6.45. The molecule has 104 valence electrons. The van der Waals surface area contributed by atoms with Crippen LogP contribution in [-0.4, -0.2) is 41.4 Å². The highest BCUT2D eigenvalue weighted by molar-refractivity contribution is 5.94. The van der Waals surface area contributed by atoms with E-state index in [1.807, 2.05) is 0 Å². The first-order chi connectivity index (χ1) is 9.02. The summed E-state index contributed by atoms with van der Waals surface area (Å²) in [6, 6.07) is 1.69. The molecule has 0 radical (unpaired) electrons. The lowest BCUT2D eigenvalue weighted by Gasteiger charge is -2.31. The van der Waals surface area contributed by atoms with Crippen LogP contribution in [0.4, 0.5) is 5.69 Å². The zero-order chi connectivity index (χ0) is 14.0. The van der Waals surface area contributed by atoms with Crippen LogP contribution in [0.1, 0.15) is 23.3 Å². The predicted octanol–water partition coefficient (Wildman–Crippen LogP) is 0.206. The maximum atomic E-state index is 12.3. The number of hydrogen-bond acceptors (Lipinski definition) is 3. The van der Waals surface area contributed by atoms with Gasteiger partial charge in [-0.1, -0.05) is 0 Å². The van der Waals surface area contributed by atoms with E-state index in [1.54, 1.807) is 35.8 Å². The van der Waals surface area contributed by atoms with Gasteiger partial charge >= 0.3 is 0 Å². The minimum atomic E-state index is -0.0189. The maximum Gasteiger partial charge on any atom is 0.270 e. The molecule has 0 aromatic carbocycles. The van der Waals surface area contributed by atoms with Crippen LogP contribution in [0.5, 0.6) is 0 Å². The molecule has 0 atom stereocenters. The van der Waals surface area contributed by atoms with E-state index in [2.05, 4.69) is 5.32 Å². The number of nitrogens with one attached hydrogen (secondary N) is 1. The molecular weight excluding hydrogens is 244 g/mol. The monoisotopic (exact) mass is 264 g/mol. The summed E-state index contributed by atoms with van der Waals surface area (Å²) >= 11 is 0. The molecule has 1 aliphatic heterocycles. The number of carbonyl (C=O) groups excluding carboxylic acids is 2. The van der Waals surface area contributed by atoms with Crippen LogP contribution >= 0.6 is 0 Å². The topological polar surface area (TPSA) is 80.4 Å². The van der Waals surface area contributed by atoms with Gasteiger partial charge in [0.05, 0.1) is 5.69 Å². The summed E-state index contributed by atoms with van der Waals surface area (Å²) in [6.45, 7) is 1.23. The quantitative estimate of drug-likeness (QED) is 0.801. The third kappa shape index (κ3) is 2.72. The number of nitrogens with two attached hydrogens (primary N) is 1. The molecule has 1 fully saturated rings. The van der Waals surface area contributed by atoms with Gasteiger partial charge in [-0.05, 0) is 18.9 Å². The van der Waals surface area contributed by atoms with E-state index in [1.165, 1.54) is 0 Å². The van der Waals surface area contributed by atoms with Crippen molar-refractivity contribution in [1.29, 1.82) is 0 Å². The normalized spacial score (nSPS) is 16.4. The van der Waals surface area contributed by atoms with Gasteiger partial charge in [-0.25, -0.2) is 0 Å². The van der Waals surface area contributed by atoms with Gasteiger partial charge in [-0.2, -0.15) is 0 Å². The van der Waals surface area contributed by atoms with E-state index >= 15 is 0 Å². The van der Waals surface area contributed by atoms with Crippen LogP contribution in [0.3, 0.4) is 0 Å². The Bertz CT molecular complexity index is 487. The third-order valence-corrected chi connectivity index (χ3v) is 3.64. The summed E-state index contributed by atoms with van der Waals surface area (Å²) in [4.78, 5) is 25.7. The number of nitrogen functional groups attached to an aromatic ring is 1. The first kappa shape index (κ1) is 13.5. The van der Waals surface area contributed by atoms with Gasteiger partial charge in [0, 0.05) is 39.3 Å². The number of rotatable bonds is 2. The summed E-state index contributed by atoms with van der Waals surface area (Å²) in [6.07, 6.45) is 3.15. The molecule has 0 aliphatic carbocycles. The Hall–Kier alpha value is -1.98. The molecule has 1 aromatic heterocycles. The summed E-state index contributed by atoms with van der Waals surface area (Å²) in [5.74, 6) is 0.0669. The maximum absolute atomic E-state index is 12.3. The van der Waals surface area contributed by atoms with Crippen LogP contribution in [0, 0.1) is 5.92 Å². The van der Waals surface area contributed by atoms with Crippen molar-refractivity contribution in [2.45, 2.75) is 12.8 Å². The number of carbonyl (C=O) groups is 2. The van der Waals surface area contributed by atoms with Crippen molar-refractivity contribution < 1.29 is 9.59 Å². The summed E-state index contributed by atoms with van der Waals surface area (Å²) in [5, 5.41) is 2.66. The highest BCUT2D eigenvalue weighted by atomic mass is 16.2. The van der Waals surface area contributed by atoms with Crippen molar-refractivity contribution in [3.8, 4) is 0 Å². The fourth-order valence-electron chi connectivity index (χ4n) is 2.51. The van der Waals surface area contributed by atoms with E-state index in [-0.39, 0.29) is 17.7 Å². The summed E-state index contributed by atoms with van der Waals surface area (Å²) < 4.78 is 1.74. The Morgan fingerprint density at radius 3 is 2.47 bits per heavy atom. The molecule has 1 aromatic rings. The van der Waals surface area contributed by atoms with Crippen molar-refractivity contribution in [2.75, 3.05) is 25.9 Å². The molecule has 19 heavy (non-hydrogen) atoms. The fraction of sp³-hybridized carbons (Fsp3) is 0.538. The number of nitrogens with zero attached hydrogens (tertiary/aromatic N) is 2. The average Bonchev–Trinajstić information content (AvgIpc) is 2.76. The van der Waals surface area contributed by atoms with Crippen molar-refractivity contribution in [2.24, 2.45) is 13.0 Å². The van der Waals surface area contributed by atoms with Crippen molar-refractivity contribution in [3.63, 3.8) is 0 Å². The van der Waals surface area contributed by atoms with E-state index in [4.69, 9.17) is 5.73 Å². The third-order valence-electron chi connectivity index (χ3n) is 3.64. The molecule has 6 nitrogen and oxygen atoms in total. The van der Waals surface area contributed by atoms with Gasteiger partial charge in [0.25, 0.3) is 5.91 Å². The van der Waals surface area contributed by atoms with Gasteiger partial charge < -0.3 is 20.5 Å². The lowest BCUT2D eigenvalue weighted by atomic mass is 9.96. The van der Waals surface area contributed by atoms with Gasteiger partial charge in [0.15, 0.2) is 0 Å². The number of likely N-dealkylation sites (tertiary alicyclic amines) is 1. The molecule has 1 aliphatic rings. The van der Waals surface area contributed by atoms with Crippen molar-refractivity contribution >= 4 is 17.5 Å². The molecule has 6 heteroatoms. The molecule has 1 saturated heterocycles. The molecule has 0 bridgehead atoms. The van der Waals surface area contributed by atoms with E-state index in [0.717, 1.165) is 0 Å². The van der Waals surface area contributed by atoms with Crippen LogP contribution in [0.15, 0.2) is 12.3 Å². The SMILES string of the molecule is CNC(=O)C1CCN(C(=O)c2cc(N)cn2C)CC1. The Balaban J connectivity index is 2.00. The Morgan fingerprint density at radius 1 is 1.37 bits per heavy atom. The second-order valence-electron chi connectivity index (χ2n) is 4.95. The second kappa shape index (κ2) is 5.34.